The number of ether oxygens (including phenoxy) is 1. The molecule has 0 aromatic heterocycles. The van der Waals surface area contributed by atoms with E-state index in [1.807, 2.05) is 0 Å². The summed E-state index contributed by atoms with van der Waals surface area (Å²) in [6, 6.07) is 0. The van der Waals surface area contributed by atoms with Gasteiger partial charge in [-0.3, -0.25) is 0 Å². The Morgan fingerprint density at radius 1 is 1.44 bits per heavy atom. The van der Waals surface area contributed by atoms with Crippen LogP contribution in [0, 0.1) is 0 Å². The monoisotopic (exact) mass is 166 g/mol. The first-order valence-electron chi connectivity index (χ1n) is 3.15. The highest BCUT2D eigenvalue weighted by molar-refractivity contribution is 8.28. The molecule has 56 valence electrons. The SMILES string of the molecule is CCCS(=S)CCOC. The van der Waals surface area contributed by atoms with Crippen LogP contribution >= 0.6 is 0 Å². The maximum atomic E-state index is 5.15. The molecule has 0 radical (unpaired) electrons. The predicted octanol–water partition coefficient (Wildman–Crippen LogP) is 1.12. The highest BCUT2D eigenvalue weighted by atomic mass is 32.8. The van der Waals surface area contributed by atoms with Crippen LogP contribution in [0.5, 0.6) is 0 Å². The van der Waals surface area contributed by atoms with Crippen molar-refractivity contribution in [3.63, 3.8) is 0 Å². The van der Waals surface area contributed by atoms with Crippen LogP contribution in [0.2, 0.25) is 0 Å². The topological polar surface area (TPSA) is 9.23 Å². The van der Waals surface area contributed by atoms with Gasteiger partial charge in [-0.25, -0.2) is 0 Å². The largest absolute Gasteiger partial charge is 0.384 e. The molecular weight excluding hydrogens is 152 g/mol. The summed E-state index contributed by atoms with van der Waals surface area (Å²) in [7, 11) is 1.91. The van der Waals surface area contributed by atoms with E-state index in [-0.39, 0.29) is 9.45 Å². The average Bonchev–Trinajstić information content (AvgIpc) is 1.85. The highest BCUT2D eigenvalue weighted by Crippen LogP contribution is 1.87. The first-order valence-corrected chi connectivity index (χ1v) is 5.64. The van der Waals surface area contributed by atoms with Crippen molar-refractivity contribution in [1.82, 2.24) is 0 Å². The zero-order valence-corrected chi connectivity index (χ0v) is 7.69. The summed E-state index contributed by atoms with van der Waals surface area (Å²) < 4.78 is 4.90. The molecular formula is C6H14OS2. The maximum Gasteiger partial charge on any atom is 0.0556 e. The third-order valence-electron chi connectivity index (χ3n) is 0.947. The van der Waals surface area contributed by atoms with Crippen LogP contribution in [-0.4, -0.2) is 25.2 Å². The second kappa shape index (κ2) is 6.65. The minimum Gasteiger partial charge on any atom is -0.384 e. The molecule has 0 N–H and O–H groups in total. The van der Waals surface area contributed by atoms with E-state index >= 15 is 0 Å². The third kappa shape index (κ3) is 6.41. The van der Waals surface area contributed by atoms with Crippen molar-refractivity contribution >= 4 is 20.6 Å². The van der Waals surface area contributed by atoms with E-state index < -0.39 is 0 Å². The van der Waals surface area contributed by atoms with Gasteiger partial charge in [0, 0.05) is 12.9 Å². The molecule has 0 saturated carbocycles. The normalized spacial score (nSPS) is 13.6. The molecule has 0 aliphatic heterocycles. The van der Waals surface area contributed by atoms with Crippen molar-refractivity contribution in [2.45, 2.75) is 13.3 Å². The second-order valence-corrected chi connectivity index (χ2v) is 4.95. The minimum absolute atomic E-state index is 0.188. The van der Waals surface area contributed by atoms with Crippen LogP contribution in [-0.2, 0) is 25.4 Å². The van der Waals surface area contributed by atoms with E-state index in [0.717, 1.165) is 12.4 Å². The van der Waals surface area contributed by atoms with E-state index in [2.05, 4.69) is 6.92 Å². The third-order valence-corrected chi connectivity index (χ3v) is 3.43. The van der Waals surface area contributed by atoms with Crippen LogP contribution in [0.3, 0.4) is 0 Å². The molecule has 0 spiro atoms. The summed E-state index contributed by atoms with van der Waals surface area (Å²) in [6.45, 7) is 2.99. The maximum absolute atomic E-state index is 5.15. The lowest BCUT2D eigenvalue weighted by atomic mass is 10.6. The van der Waals surface area contributed by atoms with Crippen LogP contribution in [0.25, 0.3) is 0 Å². The van der Waals surface area contributed by atoms with E-state index in [0.29, 0.717) is 0 Å². The lowest BCUT2D eigenvalue weighted by Crippen LogP contribution is -2.05. The molecule has 0 fully saturated rings. The van der Waals surface area contributed by atoms with Gasteiger partial charge in [-0.05, 0) is 12.2 Å². The Morgan fingerprint density at radius 2 is 2.11 bits per heavy atom. The van der Waals surface area contributed by atoms with Gasteiger partial charge in [0.25, 0.3) is 0 Å². The molecule has 0 aliphatic carbocycles. The fourth-order valence-electron chi connectivity index (χ4n) is 0.506. The van der Waals surface area contributed by atoms with Crippen molar-refractivity contribution in [3.05, 3.63) is 0 Å². The average molecular weight is 166 g/mol. The molecule has 1 atom stereocenters. The Hall–Kier alpha value is 0.530. The molecule has 1 nitrogen and oxygen atoms in total. The summed E-state index contributed by atoms with van der Waals surface area (Å²) in [5.41, 5.74) is 0. The van der Waals surface area contributed by atoms with Gasteiger partial charge >= 0.3 is 0 Å². The fraction of sp³-hybridized carbons (Fsp3) is 1.00. The molecule has 0 aromatic carbocycles. The summed E-state index contributed by atoms with van der Waals surface area (Å²) in [5.74, 6) is 2.23. The Labute approximate surface area is 64.4 Å². The Morgan fingerprint density at radius 3 is 2.56 bits per heavy atom. The first-order chi connectivity index (χ1) is 4.31. The van der Waals surface area contributed by atoms with E-state index in [4.69, 9.17) is 15.9 Å². The zero-order chi connectivity index (χ0) is 7.11. The molecule has 1 unspecified atom stereocenters. The lowest BCUT2D eigenvalue weighted by Gasteiger charge is -2.00. The predicted molar refractivity (Wildman–Crippen MR) is 46.6 cm³/mol. The highest BCUT2D eigenvalue weighted by Gasteiger charge is 1.90. The summed E-state index contributed by atoms with van der Waals surface area (Å²) in [5, 5.41) is 0. The van der Waals surface area contributed by atoms with Gasteiger partial charge in [0.1, 0.15) is 0 Å². The van der Waals surface area contributed by atoms with Gasteiger partial charge in [-0.1, -0.05) is 18.1 Å². The number of methoxy groups -OCH3 is 1. The van der Waals surface area contributed by atoms with Crippen LogP contribution in [0.1, 0.15) is 13.3 Å². The number of hydrogen-bond acceptors (Lipinski definition) is 2. The molecule has 0 amide bonds. The van der Waals surface area contributed by atoms with Crippen molar-refractivity contribution in [2.75, 3.05) is 25.2 Å². The Bertz CT molecular complexity index is 83.1. The van der Waals surface area contributed by atoms with Crippen molar-refractivity contribution in [2.24, 2.45) is 0 Å². The number of rotatable bonds is 5. The summed E-state index contributed by atoms with van der Waals surface area (Å²) in [4.78, 5) is 0. The Balaban J connectivity index is 3.06. The van der Waals surface area contributed by atoms with Gasteiger partial charge < -0.3 is 4.74 Å². The molecule has 0 heterocycles. The van der Waals surface area contributed by atoms with Crippen molar-refractivity contribution < 1.29 is 4.74 Å². The quantitative estimate of drug-likeness (QED) is 0.605. The molecule has 9 heavy (non-hydrogen) atoms. The lowest BCUT2D eigenvalue weighted by molar-refractivity contribution is 0.218. The van der Waals surface area contributed by atoms with Gasteiger partial charge in [-0.15, -0.1) is 9.45 Å². The fourth-order valence-corrected chi connectivity index (χ4v) is 2.22. The van der Waals surface area contributed by atoms with E-state index in [1.54, 1.807) is 7.11 Å². The number of hydrogen-bond donors (Lipinski definition) is 0. The van der Waals surface area contributed by atoms with Gasteiger partial charge in [0.2, 0.25) is 0 Å². The van der Waals surface area contributed by atoms with Gasteiger partial charge in [0.15, 0.2) is 0 Å². The molecule has 0 bridgehead atoms. The molecule has 3 heteroatoms. The van der Waals surface area contributed by atoms with E-state index in [9.17, 15) is 0 Å². The minimum atomic E-state index is 0.188. The van der Waals surface area contributed by atoms with Crippen molar-refractivity contribution in [3.8, 4) is 0 Å². The van der Waals surface area contributed by atoms with Crippen LogP contribution in [0.4, 0.5) is 0 Å². The first kappa shape index (κ1) is 9.53. The second-order valence-electron chi connectivity index (χ2n) is 1.84. The molecule has 0 aromatic rings. The van der Waals surface area contributed by atoms with Crippen molar-refractivity contribution in [1.29, 1.82) is 0 Å². The van der Waals surface area contributed by atoms with E-state index in [1.165, 1.54) is 12.2 Å². The molecule has 0 rings (SSSR count). The molecule has 0 aliphatic rings. The molecule has 0 saturated heterocycles. The van der Waals surface area contributed by atoms with Crippen LogP contribution in [0.15, 0.2) is 0 Å². The zero-order valence-electron chi connectivity index (χ0n) is 6.05. The van der Waals surface area contributed by atoms with Gasteiger partial charge in [0.05, 0.1) is 6.61 Å². The van der Waals surface area contributed by atoms with Crippen LogP contribution < -0.4 is 0 Å². The van der Waals surface area contributed by atoms with Gasteiger partial charge in [-0.2, -0.15) is 0 Å². The summed E-state index contributed by atoms with van der Waals surface area (Å²) in [6.07, 6.45) is 1.20. The summed E-state index contributed by atoms with van der Waals surface area (Å²) >= 11 is 5.15. The standard InChI is InChI=1S/C6H14OS2/c1-3-5-9(8)6-4-7-2/h3-6H2,1-2H3. The Kier molecular flexibility index (Phi) is 7.04. The smallest absolute Gasteiger partial charge is 0.0556 e.